The fourth-order valence-corrected chi connectivity index (χ4v) is 8.58. The van der Waals surface area contributed by atoms with Crippen molar-refractivity contribution in [3.05, 3.63) is 224 Å². The monoisotopic (exact) mass is 1210 g/mol. The average molecular weight is 1210 g/mol. The van der Waals surface area contributed by atoms with E-state index in [1.165, 1.54) is 27.8 Å². The van der Waals surface area contributed by atoms with Gasteiger partial charge in [0.1, 0.15) is 34.6 Å². The van der Waals surface area contributed by atoms with Crippen LogP contribution in [0.2, 0.25) is 6.32 Å². The maximum absolute atomic E-state index is 6.27. The minimum atomic E-state index is -0.208. The number of nitrogens with zero attached hydrogens (tertiary/aromatic N) is 4. The number of pyridine rings is 2. The Bertz CT molecular complexity index is 3350. The molecule has 12 heteroatoms. The van der Waals surface area contributed by atoms with Crippen LogP contribution in [0.3, 0.4) is 0 Å². The largest absolute Gasteiger partial charge is 0.497 e. The summed E-state index contributed by atoms with van der Waals surface area (Å²) in [5, 5.41) is 0. The Morgan fingerprint density at radius 1 is 0.593 bits per heavy atom. The lowest BCUT2D eigenvalue weighted by molar-refractivity contribution is 0.00578. The molecule has 0 amide bonds. The Morgan fingerprint density at radius 3 is 1.26 bits per heavy atom. The van der Waals surface area contributed by atoms with Crippen molar-refractivity contribution in [2.24, 2.45) is 0 Å². The minimum absolute atomic E-state index is 0.118. The number of ether oxygens (including phenoxy) is 4. The van der Waals surface area contributed by atoms with Crippen molar-refractivity contribution in [1.29, 1.82) is 0 Å². The number of halogens is 1. The summed E-state index contributed by atoms with van der Waals surface area (Å²) in [6.45, 7) is 37.2. The predicted molar refractivity (Wildman–Crippen MR) is 360 cm³/mol. The van der Waals surface area contributed by atoms with Gasteiger partial charge in [0.25, 0.3) is 0 Å². The van der Waals surface area contributed by atoms with E-state index in [1.54, 1.807) is 28.4 Å². The first kappa shape index (κ1) is 70.8. The number of rotatable bonds is 20. The van der Waals surface area contributed by atoms with Crippen molar-refractivity contribution < 1.29 is 28.3 Å². The number of hydrogen-bond donors (Lipinski definition) is 0. The minimum Gasteiger partial charge on any atom is -0.497 e. The van der Waals surface area contributed by atoms with Crippen molar-refractivity contribution in [2.75, 3.05) is 38.2 Å². The molecule has 0 saturated carbocycles. The number of terminal acetylenes is 1. The van der Waals surface area contributed by atoms with E-state index < -0.39 is 0 Å². The first-order valence-electron chi connectivity index (χ1n) is 27.2. The molecule has 86 heavy (non-hydrogen) atoms. The molecular formula is C74H77BBrN4O6-3. The van der Waals surface area contributed by atoms with Crippen molar-refractivity contribution in [2.45, 2.75) is 91.7 Å². The van der Waals surface area contributed by atoms with Crippen LogP contribution in [0, 0.1) is 85.9 Å². The van der Waals surface area contributed by atoms with Gasteiger partial charge in [-0.05, 0) is 181 Å². The Kier molecular flexibility index (Phi) is 31.0. The fraction of sp³-hybridized carbons (Fsp3) is 0.243. The number of allylic oxidation sites excluding steroid dienone is 4. The third-order valence-electron chi connectivity index (χ3n) is 13.1. The van der Waals surface area contributed by atoms with Crippen LogP contribution in [0.4, 0.5) is 11.6 Å². The molecule has 0 bridgehead atoms. The van der Waals surface area contributed by atoms with Crippen LogP contribution >= 0.6 is 15.9 Å². The zero-order valence-corrected chi connectivity index (χ0v) is 53.0. The molecule has 0 spiro atoms. The van der Waals surface area contributed by atoms with E-state index in [4.69, 9.17) is 51.1 Å². The topological polar surface area (TPSA) is 87.6 Å². The molecule has 1 saturated heterocycles. The Balaban J connectivity index is 0.000000321. The van der Waals surface area contributed by atoms with Gasteiger partial charge in [-0.15, -0.1) is 25.5 Å². The predicted octanol–water partition coefficient (Wildman–Crippen LogP) is 15.3. The van der Waals surface area contributed by atoms with Gasteiger partial charge in [-0.25, -0.2) is 21.8 Å². The Morgan fingerprint density at radius 2 is 0.953 bits per heavy atom. The molecule has 3 heterocycles. The summed E-state index contributed by atoms with van der Waals surface area (Å²) in [6, 6.07) is 36.8. The maximum atomic E-state index is 6.27. The summed E-state index contributed by atoms with van der Waals surface area (Å²) in [5.41, 5.74) is 9.59. The lowest BCUT2D eigenvalue weighted by Gasteiger charge is -2.32. The second-order valence-electron chi connectivity index (χ2n) is 20.0. The highest BCUT2D eigenvalue weighted by molar-refractivity contribution is 9.10. The smallest absolute Gasteiger partial charge is 0.461 e. The summed E-state index contributed by atoms with van der Waals surface area (Å²) >= 11 is 3.66. The first-order chi connectivity index (χ1) is 41.2. The van der Waals surface area contributed by atoms with E-state index in [-0.39, 0.29) is 18.3 Å². The summed E-state index contributed by atoms with van der Waals surface area (Å²) in [7, 11) is 6.59. The summed E-state index contributed by atoms with van der Waals surface area (Å²) in [6.07, 6.45) is 20.1. The fourth-order valence-electron chi connectivity index (χ4n) is 7.93. The molecule has 0 aliphatic carbocycles. The van der Waals surface area contributed by atoms with Gasteiger partial charge < -0.3 is 44.5 Å². The van der Waals surface area contributed by atoms with Gasteiger partial charge in [0.2, 0.25) is 0 Å². The lowest BCUT2D eigenvalue weighted by Crippen LogP contribution is -2.41. The van der Waals surface area contributed by atoms with E-state index in [1.807, 2.05) is 92.8 Å². The van der Waals surface area contributed by atoms with E-state index in [0.717, 1.165) is 100 Å². The van der Waals surface area contributed by atoms with E-state index in [0.29, 0.717) is 0 Å². The number of aromatic nitrogens is 2. The summed E-state index contributed by atoms with van der Waals surface area (Å²) < 4.78 is 33.6. The molecule has 442 valence electrons. The molecule has 0 radical (unpaired) electrons. The molecule has 0 unspecified atom stereocenters. The quantitative estimate of drug-likeness (QED) is 0.0319. The molecule has 1 fully saturated rings. The molecule has 1 aliphatic heterocycles. The number of methoxy groups -OCH3 is 4. The standard InChI is InChI=1S/C27H30N2O2.C24H25BrN2O2.C9H17BO2.C7H3.C7H2/c1-6-7-23-16-27(28-17-26(23)20(2)3)29(18-21-8-12-24(30-4)13-9-21)19-22-10-14-25(31-5)15-11-22;1-17(2)22-14-26-24(13-23(22)25)27(15-18-5-9-20(28-3)10-6-18)16-19-7-11-21(29-4)12-8-19;1-6-7-10-11-8(2,3)9(4,5)12-10;2*1-3-5-7-6-4-2/h6,8-17H,1-2,7,18-19H2,3-5H3;5-14H,1,15-16H2,2-4H3;6H,1,7H2,2-5H3;1H,2H2;1H2/q;;;-1;-2. The summed E-state index contributed by atoms with van der Waals surface area (Å²) in [5.74, 6) is 27.8. The molecule has 0 atom stereocenters. The third kappa shape index (κ3) is 24.0. The van der Waals surface area contributed by atoms with E-state index in [2.05, 4.69) is 208 Å². The van der Waals surface area contributed by atoms with E-state index >= 15 is 0 Å². The van der Waals surface area contributed by atoms with Gasteiger partial charge >= 0.3 is 7.12 Å². The highest BCUT2D eigenvalue weighted by atomic mass is 79.9. The zero-order valence-electron chi connectivity index (χ0n) is 51.5. The summed E-state index contributed by atoms with van der Waals surface area (Å²) in [4.78, 5) is 14.0. The van der Waals surface area contributed by atoms with Crippen LogP contribution in [-0.4, -0.2) is 56.7 Å². The highest BCUT2D eigenvalue weighted by Gasteiger charge is 2.50. The first-order valence-corrected chi connectivity index (χ1v) is 28.0. The molecule has 7 rings (SSSR count). The van der Waals surface area contributed by atoms with Crippen LogP contribution in [0.5, 0.6) is 23.0 Å². The zero-order chi connectivity index (χ0) is 63.5. The van der Waals surface area contributed by atoms with Gasteiger partial charge in [-0.2, -0.15) is 13.8 Å². The van der Waals surface area contributed by atoms with E-state index in [9.17, 15) is 0 Å². The Labute approximate surface area is 523 Å². The van der Waals surface area contributed by atoms with Crippen LogP contribution in [-0.2, 0) is 41.9 Å². The van der Waals surface area contributed by atoms with Gasteiger partial charge in [-0.3, -0.25) is 29.6 Å². The molecular weight excluding hydrogens is 1130 g/mol. The van der Waals surface area contributed by atoms with Gasteiger partial charge in [-0.1, -0.05) is 73.8 Å². The van der Waals surface area contributed by atoms with Gasteiger partial charge in [0, 0.05) is 54.9 Å². The molecule has 1 aliphatic rings. The molecule has 0 N–H and O–H groups in total. The highest BCUT2D eigenvalue weighted by Crippen LogP contribution is 2.38. The molecule has 2 aromatic heterocycles. The normalized spacial score (nSPS) is 11.4. The Hall–Kier alpha value is -9.50. The maximum Gasteiger partial charge on any atom is 0.461 e. The lowest BCUT2D eigenvalue weighted by atomic mass is 9.85. The van der Waals surface area contributed by atoms with Crippen LogP contribution in [0.1, 0.15) is 80.5 Å². The van der Waals surface area contributed by atoms with Crippen molar-refractivity contribution >= 4 is 45.8 Å². The second kappa shape index (κ2) is 37.7. The molecule has 6 aromatic rings. The van der Waals surface area contributed by atoms with Crippen LogP contribution < -0.4 is 28.7 Å². The van der Waals surface area contributed by atoms with Gasteiger partial charge in [0.15, 0.2) is 0 Å². The number of anilines is 2. The van der Waals surface area contributed by atoms with Gasteiger partial charge in [0.05, 0.1) is 39.6 Å². The SMILES string of the molecule is C#CC#CC#C[CH2-].C=C(C)c1cnc(N(Cc2ccc(OC)cc2)Cc2ccc(OC)cc2)cc1Br.C=CCB1OC(C)(C)C(C)(C)O1.C=CCc1cc(N(Cc2ccc(OC)cc2)Cc2ccc(OC)cc2)ncc1C(=C)C.[C-]#CC#CC#C[CH2-]. The van der Waals surface area contributed by atoms with Crippen molar-refractivity contribution in [3.63, 3.8) is 0 Å². The van der Waals surface area contributed by atoms with Crippen molar-refractivity contribution in [1.82, 2.24) is 9.97 Å². The number of hydrogen-bond acceptors (Lipinski definition) is 10. The van der Waals surface area contributed by atoms with Crippen LogP contribution in [0.25, 0.3) is 11.1 Å². The average Bonchev–Trinajstić information content (AvgIpc) is 3.30. The van der Waals surface area contributed by atoms with Crippen LogP contribution in [0.15, 0.2) is 165 Å². The number of benzene rings is 4. The van der Waals surface area contributed by atoms with Crippen molar-refractivity contribution in [3.8, 4) is 88.6 Å². The molecule has 10 nitrogen and oxygen atoms in total. The second-order valence-corrected chi connectivity index (χ2v) is 20.8. The molecule has 4 aromatic carbocycles. The third-order valence-corrected chi connectivity index (χ3v) is 13.8.